The molecule has 1 fully saturated rings. The molecule has 1 amide bonds. The molecule has 33 heavy (non-hydrogen) atoms. The number of nitrogens with one attached hydrogen (secondary N) is 1. The highest BCUT2D eigenvalue weighted by atomic mass is 28.4. The van der Waals surface area contributed by atoms with E-state index in [1.807, 2.05) is 0 Å². The van der Waals surface area contributed by atoms with Crippen molar-refractivity contribution in [1.82, 2.24) is 9.55 Å². The Bertz CT molecular complexity index is 1030. The van der Waals surface area contributed by atoms with E-state index in [4.69, 9.17) is 9.16 Å². The lowest BCUT2D eigenvalue weighted by atomic mass is 9.99. The van der Waals surface area contributed by atoms with Gasteiger partial charge in [0.05, 0.1) is 19.3 Å². The predicted octanol–water partition coefficient (Wildman–Crippen LogP) is 2.53. The van der Waals surface area contributed by atoms with Gasteiger partial charge in [0.25, 0.3) is 5.91 Å². The quantitative estimate of drug-likeness (QED) is 0.526. The fraction of sp³-hybridized carbons (Fsp3) is 0.522. The molecule has 10 heteroatoms. The van der Waals surface area contributed by atoms with E-state index in [9.17, 15) is 19.8 Å². The summed E-state index contributed by atoms with van der Waals surface area (Å²) in [4.78, 5) is 29.0. The fourth-order valence-corrected chi connectivity index (χ4v) is 4.83. The molecule has 3 rings (SSSR count). The molecule has 1 saturated heterocycles. The molecular formula is C23H33N3O6Si. The highest BCUT2D eigenvalue weighted by molar-refractivity contribution is 6.74. The topological polar surface area (TPSA) is 123 Å². The molecule has 2 atom stereocenters. The average molecular weight is 476 g/mol. The summed E-state index contributed by atoms with van der Waals surface area (Å²) in [6.07, 6.45) is 0.375. The number of aromatic nitrogens is 2. The second-order valence-corrected chi connectivity index (χ2v) is 14.6. The van der Waals surface area contributed by atoms with Crippen molar-refractivity contribution in [2.24, 2.45) is 0 Å². The van der Waals surface area contributed by atoms with Crippen LogP contribution < -0.4 is 11.0 Å². The largest absolute Gasteiger partial charge is 0.411 e. The lowest BCUT2D eigenvalue weighted by Gasteiger charge is -2.42. The maximum atomic E-state index is 12.7. The van der Waals surface area contributed by atoms with Gasteiger partial charge in [0.2, 0.25) is 0 Å². The van der Waals surface area contributed by atoms with Crippen LogP contribution in [0, 0.1) is 0 Å². The van der Waals surface area contributed by atoms with E-state index in [0.29, 0.717) is 5.56 Å². The first kappa shape index (κ1) is 25.3. The van der Waals surface area contributed by atoms with E-state index in [0.717, 1.165) is 0 Å². The highest BCUT2D eigenvalue weighted by Gasteiger charge is 2.53. The van der Waals surface area contributed by atoms with E-state index < -0.39 is 45.2 Å². The Morgan fingerprint density at radius 2 is 1.88 bits per heavy atom. The number of hydrogen-bond acceptors (Lipinski definition) is 7. The highest BCUT2D eigenvalue weighted by Crippen LogP contribution is 2.44. The van der Waals surface area contributed by atoms with Crippen LogP contribution in [0.3, 0.4) is 0 Å². The van der Waals surface area contributed by atoms with Gasteiger partial charge in [0, 0.05) is 18.2 Å². The molecule has 0 unspecified atom stereocenters. The Morgan fingerprint density at radius 3 is 2.42 bits per heavy atom. The summed E-state index contributed by atoms with van der Waals surface area (Å²) in [5.74, 6) is -0.257. The van der Waals surface area contributed by atoms with E-state index >= 15 is 0 Å². The Hall–Kier alpha value is -2.37. The van der Waals surface area contributed by atoms with Crippen LogP contribution >= 0.6 is 0 Å². The zero-order chi connectivity index (χ0) is 24.4. The normalized spacial score (nSPS) is 20.6. The zero-order valence-corrected chi connectivity index (χ0v) is 20.7. The molecule has 1 aliphatic rings. The molecule has 1 aromatic carbocycles. The van der Waals surface area contributed by atoms with E-state index in [-0.39, 0.29) is 23.2 Å². The SMILES string of the molecule is CC(C)(C)[Si](C)(C)O[C@H]1C[C@H](n2ccc(NC(=O)c3ccccc3)nc2=O)OC1(CO)CO. The van der Waals surface area contributed by atoms with Gasteiger partial charge in [-0.1, -0.05) is 39.0 Å². The number of ether oxygens (including phenoxy) is 1. The summed E-state index contributed by atoms with van der Waals surface area (Å²) in [5.41, 5.74) is -1.51. The van der Waals surface area contributed by atoms with Gasteiger partial charge >= 0.3 is 5.69 Å². The molecule has 0 spiro atoms. The lowest BCUT2D eigenvalue weighted by Crippen LogP contribution is -2.54. The van der Waals surface area contributed by atoms with Gasteiger partial charge in [0.15, 0.2) is 8.32 Å². The molecule has 2 heterocycles. The number of aliphatic hydroxyl groups is 2. The summed E-state index contributed by atoms with van der Waals surface area (Å²) >= 11 is 0. The fourth-order valence-electron chi connectivity index (χ4n) is 3.46. The Morgan fingerprint density at radius 1 is 1.24 bits per heavy atom. The minimum Gasteiger partial charge on any atom is -0.411 e. The van der Waals surface area contributed by atoms with Gasteiger partial charge in [-0.3, -0.25) is 9.36 Å². The van der Waals surface area contributed by atoms with Crippen molar-refractivity contribution in [1.29, 1.82) is 0 Å². The zero-order valence-electron chi connectivity index (χ0n) is 19.7. The second-order valence-electron chi connectivity index (χ2n) is 9.88. The van der Waals surface area contributed by atoms with Gasteiger partial charge in [-0.15, -0.1) is 0 Å². The molecule has 3 N–H and O–H groups in total. The first-order valence-electron chi connectivity index (χ1n) is 11.0. The second kappa shape index (κ2) is 9.47. The van der Waals surface area contributed by atoms with E-state index in [1.165, 1.54) is 16.8 Å². The van der Waals surface area contributed by atoms with Crippen LogP contribution in [0.15, 0.2) is 47.4 Å². The van der Waals surface area contributed by atoms with Gasteiger partial charge in [-0.2, -0.15) is 4.98 Å². The lowest BCUT2D eigenvalue weighted by molar-refractivity contribution is -0.147. The van der Waals surface area contributed by atoms with Crippen molar-refractivity contribution < 1.29 is 24.2 Å². The van der Waals surface area contributed by atoms with Crippen molar-refractivity contribution in [3.05, 3.63) is 58.6 Å². The van der Waals surface area contributed by atoms with Crippen molar-refractivity contribution in [2.45, 2.75) is 63.3 Å². The van der Waals surface area contributed by atoms with E-state index in [2.05, 4.69) is 44.2 Å². The Balaban J connectivity index is 1.81. The third-order valence-electron chi connectivity index (χ3n) is 6.57. The number of hydrogen-bond donors (Lipinski definition) is 3. The van der Waals surface area contributed by atoms with E-state index in [1.54, 1.807) is 30.3 Å². The standard InChI is InChI=1S/C23H33N3O6Si/c1-22(2,3)33(4,5)32-17-13-19(31-23(17,14-27)15-28)26-12-11-18(25-21(26)30)24-20(29)16-9-7-6-8-10-16/h6-12,17,19,27-28H,13-15H2,1-5H3,(H,24,25,29,30)/t17-,19+/m0/s1. The van der Waals surface area contributed by atoms with Crippen molar-refractivity contribution in [2.75, 3.05) is 18.5 Å². The molecule has 0 bridgehead atoms. The smallest absolute Gasteiger partial charge is 0.351 e. The molecule has 1 aliphatic heterocycles. The van der Waals surface area contributed by atoms with Crippen molar-refractivity contribution in [3.63, 3.8) is 0 Å². The first-order chi connectivity index (χ1) is 15.4. The summed E-state index contributed by atoms with van der Waals surface area (Å²) in [6.45, 7) is 9.56. The number of carbonyl (C=O) groups excluding carboxylic acids is 1. The first-order valence-corrected chi connectivity index (χ1v) is 13.9. The molecule has 0 aliphatic carbocycles. The summed E-state index contributed by atoms with van der Waals surface area (Å²) in [6, 6.07) is 10.1. The summed E-state index contributed by atoms with van der Waals surface area (Å²) in [5, 5.41) is 22.7. The number of rotatable bonds is 7. The average Bonchev–Trinajstić information content (AvgIpc) is 3.11. The number of benzene rings is 1. The van der Waals surface area contributed by atoms with Gasteiger partial charge in [-0.05, 0) is 36.3 Å². The van der Waals surface area contributed by atoms with Crippen LogP contribution in [0.5, 0.6) is 0 Å². The summed E-state index contributed by atoms with van der Waals surface area (Å²) in [7, 11) is -2.25. The predicted molar refractivity (Wildman–Crippen MR) is 127 cm³/mol. The van der Waals surface area contributed by atoms with Crippen LogP contribution in [-0.2, 0) is 9.16 Å². The van der Waals surface area contributed by atoms with Gasteiger partial charge in [0.1, 0.15) is 17.6 Å². The van der Waals surface area contributed by atoms with Crippen LogP contribution in [0.25, 0.3) is 0 Å². The molecule has 1 aromatic heterocycles. The number of carbonyl (C=O) groups is 1. The number of amides is 1. The van der Waals surface area contributed by atoms with Gasteiger partial charge in [-0.25, -0.2) is 4.79 Å². The molecule has 180 valence electrons. The molecule has 0 radical (unpaired) electrons. The Kier molecular flexibility index (Phi) is 7.25. The maximum absolute atomic E-state index is 12.7. The van der Waals surface area contributed by atoms with Crippen LogP contribution in [0.4, 0.5) is 5.82 Å². The molecule has 0 saturated carbocycles. The van der Waals surface area contributed by atoms with Crippen LogP contribution in [0.2, 0.25) is 18.1 Å². The number of aliphatic hydroxyl groups excluding tert-OH is 2. The Labute approximate surface area is 194 Å². The number of nitrogens with zero attached hydrogens (tertiary/aromatic N) is 2. The number of anilines is 1. The third-order valence-corrected chi connectivity index (χ3v) is 11.1. The van der Waals surface area contributed by atoms with Gasteiger partial charge < -0.3 is 24.7 Å². The summed E-state index contributed by atoms with van der Waals surface area (Å²) < 4.78 is 13.8. The minimum atomic E-state index is -2.25. The molecule has 2 aromatic rings. The van der Waals surface area contributed by atoms with Crippen molar-refractivity contribution in [3.8, 4) is 0 Å². The third kappa shape index (κ3) is 5.25. The monoisotopic (exact) mass is 475 g/mol. The van der Waals surface area contributed by atoms with Crippen LogP contribution in [0.1, 0.15) is 43.8 Å². The van der Waals surface area contributed by atoms with Crippen LogP contribution in [-0.4, -0.2) is 58.9 Å². The minimum absolute atomic E-state index is 0.0846. The molecule has 9 nitrogen and oxygen atoms in total. The molecular weight excluding hydrogens is 442 g/mol. The van der Waals surface area contributed by atoms with Crippen molar-refractivity contribution >= 4 is 20.0 Å². The maximum Gasteiger partial charge on any atom is 0.351 e.